The molecule has 2 nitrogen and oxygen atoms in total. The lowest BCUT2D eigenvalue weighted by molar-refractivity contribution is -0.120. The van der Waals surface area contributed by atoms with Crippen LogP contribution in [0.2, 0.25) is 0 Å². The molecule has 0 spiro atoms. The molecular weight excluding hydrogens is 250 g/mol. The zero-order valence-corrected chi connectivity index (χ0v) is 9.24. The second-order valence-electron chi connectivity index (χ2n) is 2.35. The van der Waals surface area contributed by atoms with E-state index in [0.717, 1.165) is 9.35 Å². The van der Waals surface area contributed by atoms with Gasteiger partial charge in [0.15, 0.2) is 0 Å². The number of thiophene rings is 1. The van der Waals surface area contributed by atoms with Crippen LogP contribution in [0.3, 0.4) is 0 Å². The molecule has 0 fully saturated rings. The molecule has 0 bridgehead atoms. The maximum Gasteiger partial charge on any atom is 0.232 e. The van der Waals surface area contributed by atoms with Gasteiger partial charge in [0.25, 0.3) is 0 Å². The average Bonchev–Trinajstić information content (AvgIpc) is 2.48. The van der Waals surface area contributed by atoms with Crippen LogP contribution in [-0.4, -0.2) is 5.91 Å². The molecule has 0 aromatic carbocycles. The quantitative estimate of drug-likeness (QED) is 0.827. The van der Waals surface area contributed by atoms with Gasteiger partial charge in [0, 0.05) is 9.35 Å². The fraction of sp³-hybridized carbons (Fsp3) is 0.222. The number of rotatable bonds is 3. The van der Waals surface area contributed by atoms with E-state index in [2.05, 4.69) is 27.2 Å². The van der Waals surface area contributed by atoms with Gasteiger partial charge in [-0.25, -0.2) is 0 Å². The van der Waals surface area contributed by atoms with Crippen LogP contribution in [0.5, 0.6) is 0 Å². The predicted octanol–water partition coefficient (Wildman–Crippen LogP) is 2.15. The first kappa shape index (κ1) is 10.3. The van der Waals surface area contributed by atoms with Gasteiger partial charge in [-0.2, -0.15) is 0 Å². The van der Waals surface area contributed by atoms with Crippen LogP contribution < -0.4 is 5.32 Å². The van der Waals surface area contributed by atoms with Gasteiger partial charge in [-0.05, 0) is 27.4 Å². The number of halogens is 1. The summed E-state index contributed by atoms with van der Waals surface area (Å²) >= 11 is 4.97. The van der Waals surface area contributed by atoms with Gasteiger partial charge in [-0.3, -0.25) is 4.79 Å². The Labute approximate surface area is 89.5 Å². The highest BCUT2D eigenvalue weighted by molar-refractivity contribution is 9.10. The molecule has 13 heavy (non-hydrogen) atoms. The van der Waals surface area contributed by atoms with E-state index >= 15 is 0 Å². The van der Waals surface area contributed by atoms with E-state index in [4.69, 9.17) is 6.42 Å². The van der Waals surface area contributed by atoms with Crippen LogP contribution in [0.25, 0.3) is 0 Å². The second kappa shape index (κ2) is 5.05. The summed E-state index contributed by atoms with van der Waals surface area (Å²) in [6, 6.07) is 1.95. The summed E-state index contributed by atoms with van der Waals surface area (Å²) in [5.74, 6) is 2.18. The van der Waals surface area contributed by atoms with Gasteiger partial charge in [-0.15, -0.1) is 17.8 Å². The Bertz CT molecular complexity index is 340. The first-order valence-corrected chi connectivity index (χ1v) is 5.33. The van der Waals surface area contributed by atoms with Crippen molar-refractivity contribution in [2.45, 2.75) is 13.0 Å². The van der Waals surface area contributed by atoms with Crippen molar-refractivity contribution in [3.8, 4) is 12.3 Å². The summed E-state index contributed by atoms with van der Waals surface area (Å²) in [6.45, 7) is 0.540. The molecule has 0 aliphatic heterocycles. The minimum atomic E-state index is -0.109. The van der Waals surface area contributed by atoms with Crippen LogP contribution in [0.15, 0.2) is 15.9 Å². The van der Waals surface area contributed by atoms with Crippen molar-refractivity contribution in [2.75, 3.05) is 0 Å². The van der Waals surface area contributed by atoms with Crippen molar-refractivity contribution in [3.05, 3.63) is 20.8 Å². The highest BCUT2D eigenvalue weighted by Gasteiger charge is 2.02. The van der Waals surface area contributed by atoms with Gasteiger partial charge >= 0.3 is 0 Å². The molecule has 4 heteroatoms. The Hall–Kier alpha value is -0.790. The van der Waals surface area contributed by atoms with Crippen molar-refractivity contribution < 1.29 is 4.79 Å². The van der Waals surface area contributed by atoms with Crippen molar-refractivity contribution in [1.82, 2.24) is 5.32 Å². The van der Waals surface area contributed by atoms with Crippen LogP contribution >= 0.6 is 27.3 Å². The summed E-state index contributed by atoms with van der Waals surface area (Å²) in [4.78, 5) is 12.1. The SMILES string of the molecule is C#CCC(=O)NCc1sccc1Br. The molecule has 0 atom stereocenters. The second-order valence-corrected chi connectivity index (χ2v) is 4.20. The van der Waals surface area contributed by atoms with Crippen molar-refractivity contribution in [1.29, 1.82) is 0 Å². The van der Waals surface area contributed by atoms with Crippen molar-refractivity contribution >= 4 is 33.2 Å². The van der Waals surface area contributed by atoms with Crippen LogP contribution in [-0.2, 0) is 11.3 Å². The third-order valence-electron chi connectivity index (χ3n) is 1.40. The molecule has 1 amide bonds. The molecule has 0 radical (unpaired) electrons. The highest BCUT2D eigenvalue weighted by Crippen LogP contribution is 2.21. The molecule has 0 aliphatic rings. The van der Waals surface area contributed by atoms with E-state index < -0.39 is 0 Å². The molecule has 1 heterocycles. The number of nitrogens with one attached hydrogen (secondary N) is 1. The number of terminal acetylenes is 1. The zero-order valence-electron chi connectivity index (χ0n) is 6.84. The maximum atomic E-state index is 11.0. The molecule has 0 saturated heterocycles. The van der Waals surface area contributed by atoms with Gasteiger partial charge in [-0.1, -0.05) is 5.92 Å². The Kier molecular flexibility index (Phi) is 4.00. The maximum absolute atomic E-state index is 11.0. The molecule has 68 valence electrons. The summed E-state index contributed by atoms with van der Waals surface area (Å²) in [7, 11) is 0. The number of carbonyl (C=O) groups excluding carboxylic acids is 1. The lowest BCUT2D eigenvalue weighted by Gasteiger charge is -2.00. The summed E-state index contributed by atoms with van der Waals surface area (Å²) < 4.78 is 1.03. The van der Waals surface area contributed by atoms with Crippen LogP contribution in [0.1, 0.15) is 11.3 Å². The van der Waals surface area contributed by atoms with E-state index in [9.17, 15) is 4.79 Å². The largest absolute Gasteiger partial charge is 0.350 e. The van der Waals surface area contributed by atoms with Crippen molar-refractivity contribution in [3.63, 3.8) is 0 Å². The first-order chi connectivity index (χ1) is 6.24. The molecule has 0 saturated carbocycles. The molecule has 1 N–H and O–H groups in total. The van der Waals surface area contributed by atoms with Gasteiger partial charge in [0.2, 0.25) is 5.91 Å². The predicted molar refractivity (Wildman–Crippen MR) is 57.3 cm³/mol. The number of carbonyl (C=O) groups is 1. The third-order valence-corrected chi connectivity index (χ3v) is 3.33. The number of hydrogen-bond acceptors (Lipinski definition) is 2. The van der Waals surface area contributed by atoms with Gasteiger partial charge in [0.1, 0.15) is 0 Å². The first-order valence-electron chi connectivity index (χ1n) is 3.66. The molecule has 1 aromatic rings. The Morgan fingerprint density at radius 1 is 1.77 bits per heavy atom. The fourth-order valence-corrected chi connectivity index (χ4v) is 2.22. The minimum absolute atomic E-state index is 0.109. The van der Waals surface area contributed by atoms with E-state index in [1.807, 2.05) is 11.4 Å². The van der Waals surface area contributed by atoms with Gasteiger partial charge in [0.05, 0.1) is 13.0 Å². The highest BCUT2D eigenvalue weighted by atomic mass is 79.9. The zero-order chi connectivity index (χ0) is 9.68. The number of hydrogen-bond donors (Lipinski definition) is 1. The summed E-state index contributed by atoms with van der Waals surface area (Å²) in [6.07, 6.45) is 5.13. The summed E-state index contributed by atoms with van der Waals surface area (Å²) in [5.41, 5.74) is 0. The van der Waals surface area contributed by atoms with Gasteiger partial charge < -0.3 is 5.32 Å². The normalized spacial score (nSPS) is 9.23. The summed E-state index contributed by atoms with van der Waals surface area (Å²) in [5, 5.41) is 4.69. The minimum Gasteiger partial charge on any atom is -0.350 e. The van der Waals surface area contributed by atoms with Crippen molar-refractivity contribution in [2.24, 2.45) is 0 Å². The Morgan fingerprint density at radius 2 is 2.54 bits per heavy atom. The molecule has 0 unspecified atom stereocenters. The third kappa shape index (κ3) is 3.21. The molecule has 0 aliphatic carbocycles. The monoisotopic (exact) mass is 257 g/mol. The van der Waals surface area contributed by atoms with E-state index in [1.54, 1.807) is 11.3 Å². The van der Waals surface area contributed by atoms with E-state index in [1.165, 1.54) is 0 Å². The molecular formula is C9H8BrNOS. The number of amides is 1. The Morgan fingerprint density at radius 3 is 3.08 bits per heavy atom. The standard InChI is InChI=1S/C9H8BrNOS/c1-2-3-9(12)11-6-8-7(10)4-5-13-8/h1,4-5H,3,6H2,(H,11,12). The smallest absolute Gasteiger partial charge is 0.232 e. The molecule has 1 rings (SSSR count). The topological polar surface area (TPSA) is 29.1 Å². The molecule has 1 aromatic heterocycles. The van der Waals surface area contributed by atoms with E-state index in [0.29, 0.717) is 6.54 Å². The lowest BCUT2D eigenvalue weighted by Crippen LogP contribution is -2.21. The lowest BCUT2D eigenvalue weighted by atomic mass is 10.4. The fourth-order valence-electron chi connectivity index (χ4n) is 0.785. The Balaban J connectivity index is 2.40. The van der Waals surface area contributed by atoms with Crippen LogP contribution in [0, 0.1) is 12.3 Å². The average molecular weight is 258 g/mol. The van der Waals surface area contributed by atoms with E-state index in [-0.39, 0.29) is 12.3 Å². The van der Waals surface area contributed by atoms with Crippen LogP contribution in [0.4, 0.5) is 0 Å².